The average Bonchev–Trinajstić information content (AvgIpc) is 3.14. The lowest BCUT2D eigenvalue weighted by atomic mass is 9.74. The Morgan fingerprint density at radius 1 is 0.362 bits per heavy atom. The van der Waals surface area contributed by atoms with Crippen molar-refractivity contribution in [2.75, 3.05) is 0 Å². The zero-order valence-corrected chi connectivity index (χ0v) is 26.5. The number of hydrogen-bond donors (Lipinski definition) is 0. The Bertz CT molecular complexity index is 2360. The molecule has 0 saturated heterocycles. The van der Waals surface area contributed by atoms with Crippen molar-refractivity contribution in [2.45, 2.75) is 19.3 Å². The molecule has 0 nitrogen and oxygen atoms in total. The van der Waals surface area contributed by atoms with E-state index >= 15 is 0 Å². The lowest BCUT2D eigenvalue weighted by molar-refractivity contribution is 0.750. The Labute approximate surface area is 276 Å². The molecule has 0 fully saturated rings. The molecule has 0 aromatic heterocycles. The van der Waals surface area contributed by atoms with Crippen molar-refractivity contribution >= 4 is 21.5 Å². The van der Waals surface area contributed by atoms with Crippen LogP contribution < -0.4 is 0 Å². The van der Waals surface area contributed by atoms with Gasteiger partial charge in [-0.2, -0.15) is 0 Å². The fourth-order valence-electron chi connectivity index (χ4n) is 7.92. The normalized spacial score (nSPS) is 13.8. The predicted octanol–water partition coefficient (Wildman–Crippen LogP) is 13.0. The first-order valence-corrected chi connectivity index (χ1v) is 16.7. The molecule has 8 aromatic rings. The fraction of sp³-hybridized carbons (Fsp3) is 0.0638. The molecule has 0 N–H and O–H groups in total. The van der Waals surface area contributed by atoms with E-state index < -0.39 is 0 Å². The van der Waals surface area contributed by atoms with Crippen molar-refractivity contribution in [2.24, 2.45) is 0 Å². The third kappa shape index (κ3) is 4.60. The van der Waals surface area contributed by atoms with Crippen molar-refractivity contribution in [3.63, 3.8) is 0 Å². The third-order valence-corrected chi connectivity index (χ3v) is 10.1. The van der Waals surface area contributed by atoms with E-state index in [0.29, 0.717) is 5.92 Å². The third-order valence-electron chi connectivity index (χ3n) is 10.1. The molecule has 1 aliphatic carbocycles. The Morgan fingerprint density at radius 2 is 0.851 bits per heavy atom. The molecule has 0 heterocycles. The van der Waals surface area contributed by atoms with Gasteiger partial charge in [0, 0.05) is 0 Å². The van der Waals surface area contributed by atoms with Crippen LogP contribution in [-0.4, -0.2) is 0 Å². The zero-order chi connectivity index (χ0) is 31.3. The Kier molecular flexibility index (Phi) is 6.61. The maximum Gasteiger partial charge on any atom is -0.00200 e. The maximum absolute atomic E-state index is 2.44. The number of rotatable bonds is 4. The van der Waals surface area contributed by atoms with Crippen molar-refractivity contribution in [3.05, 3.63) is 181 Å². The van der Waals surface area contributed by atoms with Crippen LogP contribution in [0, 0.1) is 0 Å². The minimum absolute atomic E-state index is 0.444. The Balaban J connectivity index is 1.31. The largest absolute Gasteiger partial charge is 0.0622 e. The van der Waals surface area contributed by atoms with Gasteiger partial charge in [-0.25, -0.2) is 0 Å². The van der Waals surface area contributed by atoms with Crippen molar-refractivity contribution in [1.29, 1.82) is 0 Å². The summed E-state index contributed by atoms with van der Waals surface area (Å²) < 4.78 is 0. The monoisotopic (exact) mass is 598 g/mol. The molecule has 0 aliphatic heterocycles. The standard InChI is InChI=1S/C47H34/c1-31-29-37-28-27-36(33-15-6-3-7-16-33)30-44(37)46-38(31)21-12-22-43(46)47-41-19-10-8-17-39(41)45(40-18-9-11-20-42(40)47)35-25-23-34(24-26-35)32-13-4-2-5-14-32/h2-28,30-31H,29H2,1H3. The summed E-state index contributed by atoms with van der Waals surface area (Å²) in [7, 11) is 0. The molecule has 0 saturated carbocycles. The molecule has 0 bridgehead atoms. The molecule has 0 heteroatoms. The number of fused-ring (bicyclic) bond motifs is 5. The van der Waals surface area contributed by atoms with Crippen LogP contribution in [-0.2, 0) is 6.42 Å². The van der Waals surface area contributed by atoms with E-state index in [-0.39, 0.29) is 0 Å². The van der Waals surface area contributed by atoms with Gasteiger partial charge in [0.25, 0.3) is 0 Å². The SMILES string of the molecule is CC1Cc2ccc(-c3ccccc3)cc2-c2c(-c3c4ccccc4c(-c4ccc(-c5ccccc5)cc4)c4ccccc34)cccc21. The summed E-state index contributed by atoms with van der Waals surface area (Å²) in [5, 5.41) is 5.16. The van der Waals surface area contributed by atoms with Crippen LogP contribution >= 0.6 is 0 Å². The smallest absolute Gasteiger partial charge is 0.00200 e. The van der Waals surface area contributed by atoms with Crippen LogP contribution in [0.1, 0.15) is 24.0 Å². The molecular formula is C47H34. The fourth-order valence-corrected chi connectivity index (χ4v) is 7.92. The lowest BCUT2D eigenvalue weighted by Crippen LogP contribution is -2.10. The highest BCUT2D eigenvalue weighted by molar-refractivity contribution is 6.22. The van der Waals surface area contributed by atoms with E-state index in [9.17, 15) is 0 Å². The summed E-state index contributed by atoms with van der Waals surface area (Å²) in [5.74, 6) is 0.444. The summed E-state index contributed by atoms with van der Waals surface area (Å²) in [6.45, 7) is 2.38. The minimum Gasteiger partial charge on any atom is -0.0622 e. The highest BCUT2D eigenvalue weighted by Crippen LogP contribution is 2.50. The van der Waals surface area contributed by atoms with Crippen LogP contribution in [0.25, 0.3) is 77.2 Å². The lowest BCUT2D eigenvalue weighted by Gasteiger charge is -2.29. The second kappa shape index (κ2) is 11.3. The second-order valence-electron chi connectivity index (χ2n) is 12.9. The van der Waals surface area contributed by atoms with Gasteiger partial charge in [0.05, 0.1) is 0 Å². The van der Waals surface area contributed by atoms with Crippen molar-refractivity contribution in [3.8, 4) is 55.6 Å². The topological polar surface area (TPSA) is 0 Å². The van der Waals surface area contributed by atoms with Crippen LogP contribution in [0.2, 0.25) is 0 Å². The maximum atomic E-state index is 2.44. The van der Waals surface area contributed by atoms with Crippen LogP contribution in [0.15, 0.2) is 170 Å². The molecule has 0 amide bonds. The minimum atomic E-state index is 0.444. The predicted molar refractivity (Wildman–Crippen MR) is 201 cm³/mol. The van der Waals surface area contributed by atoms with Gasteiger partial charge in [0.15, 0.2) is 0 Å². The van der Waals surface area contributed by atoms with E-state index in [4.69, 9.17) is 0 Å². The van der Waals surface area contributed by atoms with E-state index in [1.54, 1.807) is 0 Å². The highest BCUT2D eigenvalue weighted by atomic mass is 14.3. The first-order valence-electron chi connectivity index (χ1n) is 16.7. The van der Waals surface area contributed by atoms with E-state index in [1.807, 2.05) is 0 Å². The molecule has 9 rings (SSSR count). The van der Waals surface area contributed by atoms with Crippen LogP contribution in [0.4, 0.5) is 0 Å². The number of benzene rings is 8. The highest BCUT2D eigenvalue weighted by Gasteiger charge is 2.27. The van der Waals surface area contributed by atoms with Gasteiger partial charge >= 0.3 is 0 Å². The Morgan fingerprint density at radius 3 is 1.47 bits per heavy atom. The van der Waals surface area contributed by atoms with Gasteiger partial charge in [0.2, 0.25) is 0 Å². The summed E-state index contributed by atoms with van der Waals surface area (Å²) in [4.78, 5) is 0. The van der Waals surface area contributed by atoms with E-state index in [2.05, 4.69) is 177 Å². The average molecular weight is 599 g/mol. The summed E-state index contributed by atoms with van der Waals surface area (Å²) >= 11 is 0. The first-order chi connectivity index (χ1) is 23.2. The van der Waals surface area contributed by atoms with E-state index in [0.717, 1.165) is 6.42 Å². The Hall–Kier alpha value is -5.72. The summed E-state index contributed by atoms with van der Waals surface area (Å²) in [6, 6.07) is 62.7. The van der Waals surface area contributed by atoms with Crippen LogP contribution in [0.3, 0.4) is 0 Å². The van der Waals surface area contributed by atoms with Crippen molar-refractivity contribution in [1.82, 2.24) is 0 Å². The van der Waals surface area contributed by atoms with Crippen LogP contribution in [0.5, 0.6) is 0 Å². The molecule has 1 unspecified atom stereocenters. The van der Waals surface area contributed by atoms with Gasteiger partial charge in [-0.15, -0.1) is 0 Å². The summed E-state index contributed by atoms with van der Waals surface area (Å²) in [5.41, 5.74) is 15.8. The first kappa shape index (κ1) is 27.6. The molecule has 1 atom stereocenters. The van der Waals surface area contributed by atoms with Gasteiger partial charge in [-0.1, -0.05) is 171 Å². The molecular weight excluding hydrogens is 565 g/mol. The molecule has 222 valence electrons. The molecule has 1 aliphatic rings. The van der Waals surface area contributed by atoms with Gasteiger partial charge in [-0.3, -0.25) is 0 Å². The molecule has 0 spiro atoms. The van der Waals surface area contributed by atoms with Crippen molar-refractivity contribution < 1.29 is 0 Å². The molecule has 8 aromatic carbocycles. The van der Waals surface area contributed by atoms with Gasteiger partial charge in [0.1, 0.15) is 0 Å². The molecule has 0 radical (unpaired) electrons. The van der Waals surface area contributed by atoms with Gasteiger partial charge in [-0.05, 0) is 107 Å². The van der Waals surface area contributed by atoms with Gasteiger partial charge < -0.3 is 0 Å². The summed E-state index contributed by atoms with van der Waals surface area (Å²) in [6.07, 6.45) is 1.06. The quantitative estimate of drug-likeness (QED) is 0.177. The van der Waals surface area contributed by atoms with E-state index in [1.165, 1.54) is 88.3 Å². The zero-order valence-electron chi connectivity index (χ0n) is 26.5. The number of hydrogen-bond acceptors (Lipinski definition) is 0. The molecule has 47 heavy (non-hydrogen) atoms. The second-order valence-corrected chi connectivity index (χ2v) is 12.9.